The highest BCUT2D eigenvalue weighted by molar-refractivity contribution is 6.04. The molecule has 0 fully saturated rings. The van der Waals surface area contributed by atoms with Crippen molar-refractivity contribution in [3.8, 4) is 5.75 Å². The zero-order chi connectivity index (χ0) is 15.1. The second kappa shape index (κ2) is 7.45. The summed E-state index contributed by atoms with van der Waals surface area (Å²) < 4.78 is 5.54. The summed E-state index contributed by atoms with van der Waals surface area (Å²) in [4.78, 5) is 12.2. The normalized spacial score (nSPS) is 10.2. The van der Waals surface area contributed by atoms with Crippen LogP contribution < -0.4 is 9.80 Å². The van der Waals surface area contributed by atoms with Crippen LogP contribution in [0.5, 0.6) is 5.75 Å². The molecule has 0 aromatic heterocycles. The maximum absolute atomic E-state index is 12.2. The number of rotatable bonds is 6. The molecule has 21 heavy (non-hydrogen) atoms. The van der Waals surface area contributed by atoms with E-state index in [1.165, 1.54) is 0 Å². The minimum atomic E-state index is -0.471. The molecule has 0 saturated heterocycles. The van der Waals surface area contributed by atoms with Gasteiger partial charge in [0.05, 0.1) is 12.3 Å². The molecule has 0 aliphatic carbocycles. The van der Waals surface area contributed by atoms with Crippen molar-refractivity contribution in [3.63, 3.8) is 0 Å². The van der Waals surface area contributed by atoms with Gasteiger partial charge in [-0.15, -0.1) is 0 Å². The van der Waals surface area contributed by atoms with Crippen molar-refractivity contribution < 1.29 is 14.7 Å². The van der Waals surface area contributed by atoms with Crippen LogP contribution in [0.15, 0.2) is 54.6 Å². The Morgan fingerprint density at radius 2 is 1.76 bits per heavy atom. The van der Waals surface area contributed by atoms with Crippen molar-refractivity contribution in [3.05, 3.63) is 60.2 Å². The number of hydrogen-bond acceptors (Lipinski definition) is 3. The maximum atomic E-state index is 12.2. The summed E-state index contributed by atoms with van der Waals surface area (Å²) >= 11 is 0. The lowest BCUT2D eigenvalue weighted by molar-refractivity contribution is 0.0854. The quantitative estimate of drug-likeness (QED) is 0.497. The van der Waals surface area contributed by atoms with E-state index in [1.54, 1.807) is 48.5 Å². The number of benzene rings is 2. The topological polar surface area (TPSA) is 49.8 Å². The van der Waals surface area contributed by atoms with E-state index in [9.17, 15) is 10.0 Å². The van der Waals surface area contributed by atoms with Crippen LogP contribution in [0.25, 0.3) is 0 Å². The molecule has 0 atom stereocenters. The maximum Gasteiger partial charge on any atom is 0.281 e. The van der Waals surface area contributed by atoms with Gasteiger partial charge in [-0.1, -0.05) is 31.5 Å². The first kappa shape index (κ1) is 15.1. The molecule has 2 rings (SSSR count). The Morgan fingerprint density at radius 3 is 2.38 bits per heavy atom. The summed E-state index contributed by atoms with van der Waals surface area (Å²) in [5.74, 6) is 0.255. The number of hydroxylamine groups is 1. The second-order valence-electron chi connectivity index (χ2n) is 4.68. The fraction of sp³-hybridized carbons (Fsp3) is 0.235. The van der Waals surface area contributed by atoms with Crippen LogP contribution in [0, 0.1) is 0 Å². The number of amides is 1. The number of carbonyl (C=O) groups is 1. The van der Waals surface area contributed by atoms with Crippen molar-refractivity contribution in [2.45, 2.75) is 19.8 Å². The second-order valence-corrected chi connectivity index (χ2v) is 4.68. The van der Waals surface area contributed by atoms with Crippen LogP contribution in [0.3, 0.4) is 0 Å². The van der Waals surface area contributed by atoms with Gasteiger partial charge in [-0.05, 0) is 42.8 Å². The molecule has 4 heteroatoms. The van der Waals surface area contributed by atoms with Crippen molar-refractivity contribution in [1.82, 2.24) is 0 Å². The monoisotopic (exact) mass is 285 g/mol. The fourth-order valence-corrected chi connectivity index (χ4v) is 1.84. The Bertz CT molecular complexity index is 566. The molecule has 0 heterocycles. The zero-order valence-corrected chi connectivity index (χ0v) is 12.0. The number of ether oxygens (including phenoxy) is 1. The number of carbonyl (C=O) groups excluding carboxylic acids is 1. The first-order valence-electron chi connectivity index (χ1n) is 7.03. The van der Waals surface area contributed by atoms with E-state index in [0.29, 0.717) is 22.9 Å². The summed E-state index contributed by atoms with van der Waals surface area (Å²) in [7, 11) is 0. The molecular weight excluding hydrogens is 266 g/mol. The highest BCUT2D eigenvalue weighted by Gasteiger charge is 2.15. The van der Waals surface area contributed by atoms with E-state index < -0.39 is 5.91 Å². The smallest absolute Gasteiger partial charge is 0.281 e. The minimum absolute atomic E-state index is 0.407. The average molecular weight is 285 g/mol. The molecule has 4 nitrogen and oxygen atoms in total. The summed E-state index contributed by atoms with van der Waals surface area (Å²) in [5.41, 5.74) is 0.843. The first-order valence-corrected chi connectivity index (χ1v) is 7.03. The fourth-order valence-electron chi connectivity index (χ4n) is 1.84. The Kier molecular flexibility index (Phi) is 5.35. The minimum Gasteiger partial charge on any atom is -0.494 e. The predicted molar refractivity (Wildman–Crippen MR) is 81.9 cm³/mol. The lowest BCUT2D eigenvalue weighted by atomic mass is 10.2. The van der Waals surface area contributed by atoms with E-state index in [2.05, 4.69) is 6.92 Å². The SMILES string of the molecule is CCCCOc1ccc(C(=O)N(O)c2ccccc2)cc1. The predicted octanol–water partition coefficient (Wildman–Crippen LogP) is 3.90. The standard InChI is InChI=1S/C17H19NO3/c1-2-3-13-21-16-11-9-14(10-12-16)17(19)18(20)15-7-5-4-6-8-15/h4-12,20H,2-3,13H2,1H3. The highest BCUT2D eigenvalue weighted by atomic mass is 16.5. The van der Waals surface area contributed by atoms with Crippen molar-refractivity contribution in [1.29, 1.82) is 0 Å². The van der Waals surface area contributed by atoms with Gasteiger partial charge in [-0.2, -0.15) is 5.06 Å². The third-order valence-corrected chi connectivity index (χ3v) is 3.06. The Labute approximate surface area is 124 Å². The van der Waals surface area contributed by atoms with E-state index in [1.807, 2.05) is 6.07 Å². The Hall–Kier alpha value is -2.33. The van der Waals surface area contributed by atoms with Gasteiger partial charge in [0.1, 0.15) is 5.75 Å². The molecule has 0 spiro atoms. The molecule has 0 unspecified atom stereocenters. The number of unbranched alkanes of at least 4 members (excludes halogenated alkanes) is 1. The van der Waals surface area contributed by atoms with Gasteiger partial charge >= 0.3 is 0 Å². The molecule has 0 aliphatic rings. The summed E-state index contributed by atoms with van der Waals surface area (Å²) in [6.45, 7) is 2.77. The van der Waals surface area contributed by atoms with Gasteiger partial charge < -0.3 is 4.74 Å². The molecule has 2 aromatic carbocycles. The molecule has 0 radical (unpaired) electrons. The number of anilines is 1. The molecule has 0 aliphatic heterocycles. The number of para-hydroxylation sites is 1. The van der Waals surface area contributed by atoms with Crippen molar-refractivity contribution >= 4 is 11.6 Å². The van der Waals surface area contributed by atoms with Crippen LogP contribution >= 0.6 is 0 Å². The van der Waals surface area contributed by atoms with Crippen LogP contribution in [0.4, 0.5) is 5.69 Å². The molecular formula is C17H19NO3. The first-order chi connectivity index (χ1) is 10.2. The summed E-state index contributed by atoms with van der Waals surface area (Å²) in [5, 5.41) is 10.6. The third kappa shape index (κ3) is 4.07. The lowest BCUT2D eigenvalue weighted by Crippen LogP contribution is -2.26. The Balaban J connectivity index is 2.03. The van der Waals surface area contributed by atoms with Crippen LogP contribution in [-0.4, -0.2) is 17.7 Å². The van der Waals surface area contributed by atoms with E-state index in [-0.39, 0.29) is 0 Å². The molecule has 110 valence electrons. The van der Waals surface area contributed by atoms with Gasteiger partial charge in [-0.3, -0.25) is 10.0 Å². The highest BCUT2D eigenvalue weighted by Crippen LogP contribution is 2.17. The molecule has 1 N–H and O–H groups in total. The largest absolute Gasteiger partial charge is 0.494 e. The molecule has 1 amide bonds. The molecule has 0 bridgehead atoms. The van der Waals surface area contributed by atoms with E-state index in [0.717, 1.165) is 18.6 Å². The van der Waals surface area contributed by atoms with Crippen LogP contribution in [0.1, 0.15) is 30.1 Å². The van der Waals surface area contributed by atoms with Crippen molar-refractivity contribution in [2.24, 2.45) is 0 Å². The van der Waals surface area contributed by atoms with E-state index in [4.69, 9.17) is 4.74 Å². The Morgan fingerprint density at radius 1 is 1.10 bits per heavy atom. The van der Waals surface area contributed by atoms with Gasteiger partial charge in [0.2, 0.25) is 0 Å². The van der Waals surface area contributed by atoms with Gasteiger partial charge in [0, 0.05) is 5.56 Å². The van der Waals surface area contributed by atoms with Gasteiger partial charge in [0.15, 0.2) is 0 Å². The third-order valence-electron chi connectivity index (χ3n) is 3.06. The zero-order valence-electron chi connectivity index (χ0n) is 12.0. The van der Waals surface area contributed by atoms with Crippen LogP contribution in [0.2, 0.25) is 0 Å². The number of nitrogens with zero attached hydrogens (tertiary/aromatic N) is 1. The van der Waals surface area contributed by atoms with Gasteiger partial charge in [-0.25, -0.2) is 0 Å². The lowest BCUT2D eigenvalue weighted by Gasteiger charge is -2.15. The van der Waals surface area contributed by atoms with Crippen LogP contribution in [-0.2, 0) is 0 Å². The number of hydrogen-bond donors (Lipinski definition) is 1. The summed E-state index contributed by atoms with van der Waals surface area (Å²) in [6.07, 6.45) is 2.08. The molecule has 2 aromatic rings. The molecule has 0 saturated carbocycles. The van der Waals surface area contributed by atoms with Crippen molar-refractivity contribution in [2.75, 3.05) is 11.7 Å². The van der Waals surface area contributed by atoms with Gasteiger partial charge in [0.25, 0.3) is 5.91 Å². The summed E-state index contributed by atoms with van der Waals surface area (Å²) in [6, 6.07) is 15.5. The van der Waals surface area contributed by atoms with E-state index >= 15 is 0 Å². The average Bonchev–Trinajstić information content (AvgIpc) is 2.55.